The lowest BCUT2D eigenvalue weighted by Gasteiger charge is -2.08. The van der Waals surface area contributed by atoms with Gasteiger partial charge in [0.2, 0.25) is 0 Å². The Morgan fingerprint density at radius 2 is 1.92 bits per heavy atom. The standard InChI is InChI=1S/C17H16F2N4OS/c1-10(2)23-15-12(8-21-23)7-13(9-20-15)22-16(24)11-3-5-14(6-4-11)25-17(18)19/h3-10,17H,1-2H3,(H,22,24). The number of nitrogens with zero attached hydrogens (tertiary/aromatic N) is 3. The number of rotatable bonds is 5. The maximum Gasteiger partial charge on any atom is 0.288 e. The van der Waals surface area contributed by atoms with E-state index >= 15 is 0 Å². The molecule has 0 bridgehead atoms. The van der Waals surface area contributed by atoms with Crippen molar-refractivity contribution < 1.29 is 13.6 Å². The van der Waals surface area contributed by atoms with E-state index in [4.69, 9.17) is 0 Å². The number of hydrogen-bond acceptors (Lipinski definition) is 4. The molecule has 0 saturated carbocycles. The molecule has 3 aromatic rings. The molecule has 25 heavy (non-hydrogen) atoms. The summed E-state index contributed by atoms with van der Waals surface area (Å²) in [5.41, 5.74) is 1.69. The molecule has 1 aromatic carbocycles. The molecular weight excluding hydrogens is 346 g/mol. The van der Waals surface area contributed by atoms with Gasteiger partial charge in [-0.05, 0) is 44.2 Å². The van der Waals surface area contributed by atoms with Crippen molar-refractivity contribution in [3.63, 3.8) is 0 Å². The van der Waals surface area contributed by atoms with Crippen LogP contribution in [0.2, 0.25) is 0 Å². The van der Waals surface area contributed by atoms with Crippen LogP contribution in [0.3, 0.4) is 0 Å². The highest BCUT2D eigenvalue weighted by Crippen LogP contribution is 2.25. The van der Waals surface area contributed by atoms with Crippen molar-refractivity contribution in [1.82, 2.24) is 14.8 Å². The number of aromatic nitrogens is 3. The van der Waals surface area contributed by atoms with E-state index in [1.807, 2.05) is 13.8 Å². The van der Waals surface area contributed by atoms with Crippen molar-refractivity contribution in [3.8, 4) is 0 Å². The van der Waals surface area contributed by atoms with E-state index in [0.717, 1.165) is 11.0 Å². The van der Waals surface area contributed by atoms with Crippen molar-refractivity contribution in [3.05, 3.63) is 48.3 Å². The van der Waals surface area contributed by atoms with Gasteiger partial charge in [0, 0.05) is 21.9 Å². The molecular formula is C17H16F2N4OS. The van der Waals surface area contributed by atoms with Crippen LogP contribution >= 0.6 is 11.8 Å². The normalized spacial score (nSPS) is 11.4. The number of amides is 1. The third-order valence-electron chi connectivity index (χ3n) is 3.52. The van der Waals surface area contributed by atoms with Crippen LogP contribution in [-0.4, -0.2) is 26.4 Å². The summed E-state index contributed by atoms with van der Waals surface area (Å²) in [5.74, 6) is -2.81. The first-order chi connectivity index (χ1) is 11.9. The van der Waals surface area contributed by atoms with Gasteiger partial charge in [-0.1, -0.05) is 11.8 Å². The van der Waals surface area contributed by atoms with E-state index < -0.39 is 5.76 Å². The van der Waals surface area contributed by atoms with Crippen LogP contribution in [0.4, 0.5) is 14.5 Å². The van der Waals surface area contributed by atoms with Gasteiger partial charge in [0.1, 0.15) is 0 Å². The van der Waals surface area contributed by atoms with E-state index in [1.165, 1.54) is 24.3 Å². The molecule has 0 unspecified atom stereocenters. The number of anilines is 1. The zero-order chi connectivity index (χ0) is 18.0. The number of carbonyl (C=O) groups excluding carboxylic acids is 1. The first-order valence-electron chi connectivity index (χ1n) is 7.63. The number of halogens is 2. The van der Waals surface area contributed by atoms with Crippen LogP contribution in [-0.2, 0) is 0 Å². The highest BCUT2D eigenvalue weighted by Gasteiger charge is 2.11. The van der Waals surface area contributed by atoms with Crippen LogP contribution in [0.15, 0.2) is 47.6 Å². The number of pyridine rings is 1. The molecule has 0 fully saturated rings. The second-order valence-electron chi connectivity index (χ2n) is 5.68. The minimum absolute atomic E-state index is 0.190. The molecule has 0 atom stereocenters. The van der Waals surface area contributed by atoms with Crippen LogP contribution in [0, 0.1) is 0 Å². The highest BCUT2D eigenvalue weighted by molar-refractivity contribution is 7.99. The van der Waals surface area contributed by atoms with E-state index in [1.54, 1.807) is 23.1 Å². The van der Waals surface area contributed by atoms with Gasteiger partial charge in [0.15, 0.2) is 5.65 Å². The lowest BCUT2D eigenvalue weighted by Crippen LogP contribution is -2.12. The molecule has 2 aromatic heterocycles. The Labute approximate surface area is 147 Å². The predicted octanol–water partition coefficient (Wildman–Crippen LogP) is 4.58. The Balaban J connectivity index is 1.75. The molecule has 130 valence electrons. The monoisotopic (exact) mass is 362 g/mol. The van der Waals surface area contributed by atoms with Gasteiger partial charge in [-0.2, -0.15) is 13.9 Å². The second-order valence-corrected chi connectivity index (χ2v) is 6.74. The van der Waals surface area contributed by atoms with E-state index in [2.05, 4.69) is 15.4 Å². The Kier molecular flexibility index (Phi) is 4.98. The molecule has 2 heterocycles. The fourth-order valence-electron chi connectivity index (χ4n) is 2.38. The minimum atomic E-state index is -2.48. The summed E-state index contributed by atoms with van der Waals surface area (Å²) in [6, 6.07) is 8.02. The summed E-state index contributed by atoms with van der Waals surface area (Å²) in [5, 5.41) is 7.87. The van der Waals surface area contributed by atoms with Gasteiger partial charge in [-0.3, -0.25) is 4.79 Å². The fourth-order valence-corrected chi connectivity index (χ4v) is 2.88. The summed E-state index contributed by atoms with van der Waals surface area (Å²) in [6.45, 7) is 4.03. The zero-order valence-corrected chi connectivity index (χ0v) is 14.4. The largest absolute Gasteiger partial charge is 0.321 e. The first kappa shape index (κ1) is 17.3. The Morgan fingerprint density at radius 3 is 2.56 bits per heavy atom. The van der Waals surface area contributed by atoms with Gasteiger partial charge in [-0.25, -0.2) is 9.67 Å². The molecule has 0 radical (unpaired) electrons. The van der Waals surface area contributed by atoms with Crippen molar-refractivity contribution in [2.45, 2.75) is 30.5 Å². The van der Waals surface area contributed by atoms with Crippen molar-refractivity contribution in [2.75, 3.05) is 5.32 Å². The Bertz CT molecular complexity index is 893. The number of hydrogen-bond donors (Lipinski definition) is 1. The third kappa shape index (κ3) is 3.96. The van der Waals surface area contributed by atoms with Gasteiger partial charge < -0.3 is 5.32 Å². The number of alkyl halides is 2. The summed E-state index contributed by atoms with van der Waals surface area (Å²) >= 11 is 0.444. The van der Waals surface area contributed by atoms with Crippen LogP contribution < -0.4 is 5.32 Å². The molecule has 0 aliphatic rings. The van der Waals surface area contributed by atoms with Gasteiger partial charge in [0.05, 0.1) is 18.1 Å². The Hall–Kier alpha value is -2.48. The molecule has 0 spiro atoms. The third-order valence-corrected chi connectivity index (χ3v) is 4.24. The summed E-state index contributed by atoms with van der Waals surface area (Å²) in [7, 11) is 0. The van der Waals surface area contributed by atoms with E-state index in [9.17, 15) is 13.6 Å². The van der Waals surface area contributed by atoms with Crippen LogP contribution in [0.1, 0.15) is 30.2 Å². The molecule has 1 N–H and O–H groups in total. The molecule has 3 rings (SSSR count). The molecule has 8 heteroatoms. The highest BCUT2D eigenvalue weighted by atomic mass is 32.2. The summed E-state index contributed by atoms with van der Waals surface area (Å²) < 4.78 is 26.4. The average Bonchev–Trinajstić information content (AvgIpc) is 2.98. The van der Waals surface area contributed by atoms with Gasteiger partial charge in [0.25, 0.3) is 11.7 Å². The predicted molar refractivity (Wildman–Crippen MR) is 94.2 cm³/mol. The van der Waals surface area contributed by atoms with Gasteiger partial charge >= 0.3 is 0 Å². The Morgan fingerprint density at radius 1 is 1.20 bits per heavy atom. The lowest BCUT2D eigenvalue weighted by atomic mass is 10.2. The maximum atomic E-state index is 12.3. The molecule has 1 amide bonds. The van der Waals surface area contributed by atoms with Crippen LogP contribution in [0.5, 0.6) is 0 Å². The SMILES string of the molecule is CC(C)n1ncc2cc(NC(=O)c3ccc(SC(F)F)cc3)cnc21. The molecule has 0 aliphatic heterocycles. The fraction of sp³-hybridized carbons (Fsp3) is 0.235. The van der Waals surface area contributed by atoms with Crippen molar-refractivity contribution in [2.24, 2.45) is 0 Å². The maximum absolute atomic E-state index is 12.3. The number of benzene rings is 1. The number of carbonyl (C=O) groups is 1. The quantitative estimate of drug-likeness (QED) is 0.675. The second kappa shape index (κ2) is 7.18. The van der Waals surface area contributed by atoms with E-state index in [-0.39, 0.29) is 11.9 Å². The zero-order valence-electron chi connectivity index (χ0n) is 13.6. The van der Waals surface area contributed by atoms with Crippen molar-refractivity contribution >= 4 is 34.4 Å². The molecule has 0 aliphatic carbocycles. The number of nitrogens with one attached hydrogen (secondary N) is 1. The number of thioether (sulfide) groups is 1. The lowest BCUT2D eigenvalue weighted by molar-refractivity contribution is 0.102. The van der Waals surface area contributed by atoms with Gasteiger partial charge in [-0.15, -0.1) is 0 Å². The minimum Gasteiger partial charge on any atom is -0.321 e. The molecule has 5 nitrogen and oxygen atoms in total. The smallest absolute Gasteiger partial charge is 0.288 e. The summed E-state index contributed by atoms with van der Waals surface area (Å²) in [6.07, 6.45) is 3.27. The van der Waals surface area contributed by atoms with E-state index in [0.29, 0.717) is 27.9 Å². The number of fused-ring (bicyclic) bond motifs is 1. The first-order valence-corrected chi connectivity index (χ1v) is 8.51. The summed E-state index contributed by atoms with van der Waals surface area (Å²) in [4.78, 5) is 17.1. The average molecular weight is 362 g/mol. The molecule has 0 saturated heterocycles. The van der Waals surface area contributed by atoms with Crippen LogP contribution in [0.25, 0.3) is 11.0 Å². The van der Waals surface area contributed by atoms with Crippen molar-refractivity contribution in [1.29, 1.82) is 0 Å². The topological polar surface area (TPSA) is 59.8 Å².